The van der Waals surface area contributed by atoms with Gasteiger partial charge in [0, 0.05) is 5.75 Å². The van der Waals surface area contributed by atoms with Crippen molar-refractivity contribution in [2.24, 2.45) is 0 Å². The van der Waals surface area contributed by atoms with Gasteiger partial charge in [-0.2, -0.15) is 0 Å². The smallest absolute Gasteiger partial charge is 0.348 e. The van der Waals surface area contributed by atoms with Gasteiger partial charge >= 0.3 is 5.69 Å². The predicted octanol–water partition coefficient (Wildman–Crippen LogP) is 9.81. The molecule has 0 saturated carbocycles. The SMILES string of the molecule is CCCCCc1ccccc1OP(=S)(Oc1ccccc1CCCCC)SCCc1ccccc1. The van der Waals surface area contributed by atoms with Crippen molar-refractivity contribution in [3.8, 4) is 11.5 Å². The molecule has 0 radical (unpaired) electrons. The van der Waals surface area contributed by atoms with E-state index in [1.165, 1.54) is 42.4 Å². The van der Waals surface area contributed by atoms with Crippen molar-refractivity contribution in [2.45, 2.75) is 71.6 Å². The molecule has 0 aliphatic heterocycles. The molecule has 0 heterocycles. The number of hydrogen-bond donors (Lipinski definition) is 0. The number of hydrogen-bond acceptors (Lipinski definition) is 4. The Hall–Kier alpha value is -1.74. The second kappa shape index (κ2) is 15.4. The van der Waals surface area contributed by atoms with Crippen LogP contribution in [0.25, 0.3) is 0 Å². The van der Waals surface area contributed by atoms with Crippen LogP contribution >= 0.6 is 17.1 Å². The summed E-state index contributed by atoms with van der Waals surface area (Å²) in [6.45, 7) is 4.47. The lowest BCUT2D eigenvalue weighted by atomic mass is 10.1. The summed E-state index contributed by atoms with van der Waals surface area (Å²) in [4.78, 5) is 0. The molecule has 0 bridgehead atoms. The molecule has 0 atom stereocenters. The van der Waals surface area contributed by atoms with Crippen LogP contribution in [0.15, 0.2) is 78.9 Å². The van der Waals surface area contributed by atoms with Gasteiger partial charge in [-0.25, -0.2) is 0 Å². The maximum absolute atomic E-state index is 6.65. The summed E-state index contributed by atoms with van der Waals surface area (Å²) in [5.74, 6) is 2.61. The molecule has 0 saturated heterocycles. The minimum atomic E-state index is -2.68. The van der Waals surface area contributed by atoms with Gasteiger partial charge in [0.25, 0.3) is 0 Å². The Morgan fingerprint density at radius 1 is 0.629 bits per heavy atom. The fourth-order valence-corrected chi connectivity index (χ4v) is 8.39. The highest BCUT2D eigenvalue weighted by molar-refractivity contribution is 8.68. The number of unbranched alkanes of at least 4 members (excludes halogenated alkanes) is 4. The molecule has 0 amide bonds. The van der Waals surface area contributed by atoms with Crippen LogP contribution in [-0.4, -0.2) is 5.75 Å². The van der Waals surface area contributed by atoms with E-state index in [4.69, 9.17) is 20.9 Å². The molecule has 0 N–H and O–H groups in total. The summed E-state index contributed by atoms with van der Waals surface area (Å²) in [6.07, 6.45) is 10.1. The van der Waals surface area contributed by atoms with E-state index in [9.17, 15) is 0 Å². The molecule has 5 heteroatoms. The molecule has 188 valence electrons. The number of para-hydroxylation sites is 2. The van der Waals surface area contributed by atoms with Crippen LogP contribution in [0.4, 0.5) is 0 Å². The van der Waals surface area contributed by atoms with Gasteiger partial charge in [0.15, 0.2) is 0 Å². The lowest BCUT2D eigenvalue weighted by Gasteiger charge is -2.25. The number of rotatable bonds is 16. The summed E-state index contributed by atoms with van der Waals surface area (Å²) >= 11 is 7.86. The van der Waals surface area contributed by atoms with Crippen LogP contribution in [-0.2, 0) is 31.1 Å². The molecule has 3 aromatic carbocycles. The highest BCUT2D eigenvalue weighted by Crippen LogP contribution is 2.61. The van der Waals surface area contributed by atoms with Crippen LogP contribution in [0.2, 0.25) is 0 Å². The van der Waals surface area contributed by atoms with E-state index in [2.05, 4.69) is 80.6 Å². The molecular weight excluding hydrogens is 487 g/mol. The van der Waals surface area contributed by atoms with Crippen molar-refractivity contribution in [1.29, 1.82) is 0 Å². The first-order valence-corrected chi connectivity index (χ1v) is 17.2. The van der Waals surface area contributed by atoms with Crippen LogP contribution < -0.4 is 9.05 Å². The van der Waals surface area contributed by atoms with Gasteiger partial charge < -0.3 is 9.05 Å². The van der Waals surface area contributed by atoms with Crippen molar-refractivity contribution in [3.63, 3.8) is 0 Å². The zero-order chi connectivity index (χ0) is 24.8. The first-order chi connectivity index (χ1) is 17.1. The van der Waals surface area contributed by atoms with Crippen LogP contribution in [0, 0.1) is 0 Å². The van der Waals surface area contributed by atoms with Gasteiger partial charge in [0.1, 0.15) is 11.5 Å². The molecule has 0 aliphatic rings. The average Bonchev–Trinajstić information content (AvgIpc) is 2.87. The van der Waals surface area contributed by atoms with E-state index >= 15 is 0 Å². The Bertz CT molecular complexity index is 995. The molecule has 0 fully saturated rings. The second-order valence-corrected chi connectivity index (χ2v) is 15.1. The van der Waals surface area contributed by atoms with E-state index in [0.717, 1.165) is 49.4 Å². The Morgan fingerprint density at radius 2 is 1.11 bits per heavy atom. The topological polar surface area (TPSA) is 18.5 Å². The van der Waals surface area contributed by atoms with E-state index < -0.39 is 5.69 Å². The van der Waals surface area contributed by atoms with Gasteiger partial charge in [0.05, 0.1) is 0 Å². The largest absolute Gasteiger partial charge is 0.428 e. The minimum Gasteiger partial charge on any atom is -0.428 e. The van der Waals surface area contributed by atoms with Crippen molar-refractivity contribution in [2.75, 3.05) is 5.75 Å². The summed E-state index contributed by atoms with van der Waals surface area (Å²) in [5.41, 5.74) is 1.07. The van der Waals surface area contributed by atoms with E-state index in [1.54, 1.807) is 11.4 Å². The van der Waals surface area contributed by atoms with Crippen molar-refractivity contribution in [1.82, 2.24) is 0 Å². The zero-order valence-corrected chi connectivity index (χ0v) is 23.7. The standard InChI is InChI=1S/C30H39O2PS2/c1-3-5-8-18-27-20-12-14-22-29(27)31-33(34,35-25-24-26-16-10-7-11-17-26)32-30-23-15-13-21-28(30)19-9-6-4-2/h7,10-17,20-23H,3-6,8-9,18-19,24-25H2,1-2H3. The van der Waals surface area contributed by atoms with Crippen molar-refractivity contribution in [3.05, 3.63) is 95.6 Å². The number of benzene rings is 3. The first kappa shape index (κ1) is 27.8. The molecule has 3 aromatic rings. The highest BCUT2D eigenvalue weighted by Gasteiger charge is 2.26. The normalized spacial score (nSPS) is 11.4. The van der Waals surface area contributed by atoms with Gasteiger partial charge in [0.2, 0.25) is 0 Å². The summed E-state index contributed by atoms with van der Waals surface area (Å²) in [6, 6.07) is 27.2. The monoisotopic (exact) mass is 526 g/mol. The quantitative estimate of drug-likeness (QED) is 0.136. The Labute approximate surface area is 221 Å². The van der Waals surface area contributed by atoms with Gasteiger partial charge in [-0.15, -0.1) is 0 Å². The van der Waals surface area contributed by atoms with Gasteiger partial charge in [-0.05, 0) is 84.1 Å². The summed E-state index contributed by atoms with van der Waals surface area (Å²) in [5, 5.41) is 0. The van der Waals surface area contributed by atoms with E-state index in [0.29, 0.717) is 0 Å². The minimum absolute atomic E-state index is 0.858. The maximum atomic E-state index is 6.65. The molecule has 0 unspecified atom stereocenters. The third-order valence-corrected chi connectivity index (χ3v) is 10.8. The Kier molecular flexibility index (Phi) is 12.2. The fourth-order valence-electron chi connectivity index (χ4n) is 3.96. The average molecular weight is 527 g/mol. The van der Waals surface area contributed by atoms with Crippen molar-refractivity contribution < 1.29 is 9.05 Å². The van der Waals surface area contributed by atoms with Crippen molar-refractivity contribution >= 4 is 28.9 Å². The Balaban J connectivity index is 1.81. The van der Waals surface area contributed by atoms with Gasteiger partial charge in [-0.1, -0.05) is 106 Å². The fraction of sp³-hybridized carbons (Fsp3) is 0.400. The van der Waals surface area contributed by atoms with E-state index in [-0.39, 0.29) is 0 Å². The molecule has 0 aromatic heterocycles. The molecule has 35 heavy (non-hydrogen) atoms. The molecule has 2 nitrogen and oxygen atoms in total. The lowest BCUT2D eigenvalue weighted by molar-refractivity contribution is 0.496. The summed E-state index contributed by atoms with van der Waals surface area (Å²) in [7, 11) is 0. The van der Waals surface area contributed by atoms with Gasteiger partial charge in [-0.3, -0.25) is 0 Å². The summed E-state index contributed by atoms with van der Waals surface area (Å²) < 4.78 is 13.3. The lowest BCUT2D eigenvalue weighted by Crippen LogP contribution is -2.03. The molecular formula is C30H39O2PS2. The molecule has 0 spiro atoms. The van der Waals surface area contributed by atoms with Crippen LogP contribution in [0.5, 0.6) is 11.5 Å². The molecule has 0 aliphatic carbocycles. The Morgan fingerprint density at radius 3 is 1.63 bits per heavy atom. The van der Waals surface area contributed by atoms with Crippen LogP contribution in [0.1, 0.15) is 69.1 Å². The van der Waals surface area contributed by atoms with E-state index in [1.807, 2.05) is 12.1 Å². The highest BCUT2D eigenvalue weighted by atomic mass is 32.9. The number of aryl methyl sites for hydroxylation is 3. The first-order valence-electron chi connectivity index (χ1n) is 13.0. The second-order valence-electron chi connectivity index (χ2n) is 8.83. The predicted molar refractivity (Wildman–Crippen MR) is 157 cm³/mol. The molecule has 3 rings (SSSR count). The van der Waals surface area contributed by atoms with Crippen LogP contribution in [0.3, 0.4) is 0 Å². The maximum Gasteiger partial charge on any atom is 0.348 e. The third kappa shape index (κ3) is 9.67. The third-order valence-electron chi connectivity index (χ3n) is 5.95. The zero-order valence-electron chi connectivity index (χ0n) is 21.2.